The maximum absolute atomic E-state index is 9.21. The lowest BCUT2D eigenvalue weighted by molar-refractivity contribution is 0.0760. The van der Waals surface area contributed by atoms with Crippen molar-refractivity contribution in [1.29, 1.82) is 5.26 Å². The number of hydrogen-bond acceptors (Lipinski definition) is 4. The Bertz CT molecular complexity index is 531. The molecular weight excluding hydrogens is 286 g/mol. The van der Waals surface area contributed by atoms with Gasteiger partial charge in [0, 0.05) is 43.3 Å². The molecule has 0 amide bonds. The van der Waals surface area contributed by atoms with E-state index < -0.39 is 0 Å². The van der Waals surface area contributed by atoms with Crippen molar-refractivity contribution < 1.29 is 4.74 Å². The zero-order valence-corrected chi connectivity index (χ0v) is 13.7. The summed E-state index contributed by atoms with van der Waals surface area (Å²) < 4.78 is 5.40. The fourth-order valence-corrected chi connectivity index (χ4v) is 2.84. The Balaban J connectivity index is 1.98. The van der Waals surface area contributed by atoms with Crippen LogP contribution in [0.4, 0.5) is 0 Å². The van der Waals surface area contributed by atoms with E-state index in [0.717, 1.165) is 49.1 Å². The molecule has 2 rings (SSSR count). The highest BCUT2D eigenvalue weighted by atomic mass is 35.5. The summed E-state index contributed by atoms with van der Waals surface area (Å²) in [6, 6.07) is 8.09. The van der Waals surface area contributed by atoms with Gasteiger partial charge in [-0.1, -0.05) is 11.6 Å². The molecule has 1 fully saturated rings. The van der Waals surface area contributed by atoms with Gasteiger partial charge in [0.1, 0.15) is 11.3 Å². The van der Waals surface area contributed by atoms with Crippen LogP contribution in [0.1, 0.15) is 19.4 Å². The molecule has 1 aromatic rings. The molecule has 1 saturated heterocycles. The maximum atomic E-state index is 9.21. The molecule has 1 heterocycles. The number of methoxy groups -OCH3 is 1. The van der Waals surface area contributed by atoms with Crippen molar-refractivity contribution in [2.24, 2.45) is 0 Å². The van der Waals surface area contributed by atoms with Crippen LogP contribution in [0, 0.1) is 11.3 Å². The van der Waals surface area contributed by atoms with E-state index in [4.69, 9.17) is 16.3 Å². The van der Waals surface area contributed by atoms with Gasteiger partial charge < -0.3 is 4.74 Å². The Kier molecular flexibility index (Phi) is 5.10. The van der Waals surface area contributed by atoms with Crippen LogP contribution < -0.4 is 4.74 Å². The Morgan fingerprint density at radius 3 is 2.52 bits per heavy atom. The minimum atomic E-state index is -0.389. The van der Waals surface area contributed by atoms with Crippen LogP contribution in [0.2, 0.25) is 5.02 Å². The van der Waals surface area contributed by atoms with E-state index in [1.807, 2.05) is 32.0 Å². The molecule has 5 heteroatoms. The SMILES string of the molecule is COc1ccc(Cl)cc1CN1CCN(C(C)(C)C#N)CC1. The quantitative estimate of drug-likeness (QED) is 0.857. The molecule has 0 N–H and O–H groups in total. The second-order valence-corrected chi connectivity index (χ2v) is 6.33. The summed E-state index contributed by atoms with van der Waals surface area (Å²) in [5.74, 6) is 0.874. The summed E-state index contributed by atoms with van der Waals surface area (Å²) in [6.45, 7) is 8.48. The molecule has 1 aromatic carbocycles. The molecule has 4 nitrogen and oxygen atoms in total. The summed E-state index contributed by atoms with van der Waals surface area (Å²) in [6.07, 6.45) is 0. The van der Waals surface area contributed by atoms with E-state index >= 15 is 0 Å². The van der Waals surface area contributed by atoms with Gasteiger partial charge in [-0.25, -0.2) is 0 Å². The summed E-state index contributed by atoms with van der Waals surface area (Å²) in [7, 11) is 1.68. The number of nitrogens with zero attached hydrogens (tertiary/aromatic N) is 3. The minimum absolute atomic E-state index is 0.389. The summed E-state index contributed by atoms with van der Waals surface area (Å²) >= 11 is 6.07. The third kappa shape index (κ3) is 3.88. The normalized spacial score (nSPS) is 17.5. The first-order valence-corrected chi connectivity index (χ1v) is 7.55. The standard InChI is InChI=1S/C16H22ClN3O/c1-16(2,12-18)20-8-6-19(7-9-20)11-13-10-14(17)4-5-15(13)21-3/h4-5,10H,6-9,11H2,1-3H3. The van der Waals surface area contributed by atoms with Crippen LogP contribution in [-0.2, 0) is 6.54 Å². The Morgan fingerprint density at radius 2 is 1.95 bits per heavy atom. The first kappa shape index (κ1) is 16.1. The van der Waals surface area contributed by atoms with Gasteiger partial charge in [0.05, 0.1) is 13.2 Å². The molecule has 0 atom stereocenters. The zero-order chi connectivity index (χ0) is 15.5. The zero-order valence-electron chi connectivity index (χ0n) is 12.9. The van der Waals surface area contributed by atoms with Gasteiger partial charge in [0.2, 0.25) is 0 Å². The number of halogens is 1. The molecule has 0 unspecified atom stereocenters. The molecule has 0 aliphatic carbocycles. The predicted molar refractivity (Wildman–Crippen MR) is 84.5 cm³/mol. The third-order valence-corrected chi connectivity index (χ3v) is 4.31. The third-order valence-electron chi connectivity index (χ3n) is 4.07. The fraction of sp³-hybridized carbons (Fsp3) is 0.562. The van der Waals surface area contributed by atoms with Crippen molar-refractivity contribution in [3.8, 4) is 11.8 Å². The van der Waals surface area contributed by atoms with E-state index in [1.54, 1.807) is 7.11 Å². The van der Waals surface area contributed by atoms with Crippen LogP contribution >= 0.6 is 11.6 Å². The van der Waals surface area contributed by atoms with Gasteiger partial charge in [-0.05, 0) is 32.0 Å². The second kappa shape index (κ2) is 6.65. The van der Waals surface area contributed by atoms with Gasteiger partial charge >= 0.3 is 0 Å². The molecule has 0 bridgehead atoms. The summed E-state index contributed by atoms with van der Waals surface area (Å²) in [5.41, 5.74) is 0.720. The topological polar surface area (TPSA) is 39.5 Å². The number of rotatable bonds is 4. The first-order valence-electron chi connectivity index (χ1n) is 7.17. The smallest absolute Gasteiger partial charge is 0.123 e. The van der Waals surface area contributed by atoms with E-state index in [9.17, 15) is 5.26 Å². The van der Waals surface area contributed by atoms with Crippen LogP contribution in [0.25, 0.3) is 0 Å². The number of benzene rings is 1. The Morgan fingerprint density at radius 1 is 1.29 bits per heavy atom. The lowest BCUT2D eigenvalue weighted by Crippen LogP contribution is -2.53. The number of hydrogen-bond donors (Lipinski definition) is 0. The second-order valence-electron chi connectivity index (χ2n) is 5.89. The van der Waals surface area contributed by atoms with Crippen molar-refractivity contribution in [1.82, 2.24) is 9.80 Å². The highest BCUT2D eigenvalue weighted by molar-refractivity contribution is 6.30. The highest BCUT2D eigenvalue weighted by Gasteiger charge is 2.29. The fourth-order valence-electron chi connectivity index (χ4n) is 2.65. The molecule has 21 heavy (non-hydrogen) atoms. The largest absolute Gasteiger partial charge is 0.496 e. The molecular formula is C16H22ClN3O. The average Bonchev–Trinajstić information content (AvgIpc) is 2.48. The van der Waals surface area contributed by atoms with Crippen molar-refractivity contribution in [2.45, 2.75) is 25.9 Å². The minimum Gasteiger partial charge on any atom is -0.496 e. The number of ether oxygens (including phenoxy) is 1. The van der Waals surface area contributed by atoms with Gasteiger partial charge in [-0.2, -0.15) is 5.26 Å². The molecule has 0 saturated carbocycles. The van der Waals surface area contributed by atoms with Crippen molar-refractivity contribution in [3.63, 3.8) is 0 Å². The van der Waals surface area contributed by atoms with Crippen molar-refractivity contribution in [2.75, 3.05) is 33.3 Å². The van der Waals surface area contributed by atoms with Crippen molar-refractivity contribution >= 4 is 11.6 Å². The van der Waals surface area contributed by atoms with Gasteiger partial charge in [0.25, 0.3) is 0 Å². The number of nitriles is 1. The number of piperazine rings is 1. The summed E-state index contributed by atoms with van der Waals surface area (Å²) in [4.78, 5) is 4.61. The Labute approximate surface area is 131 Å². The van der Waals surface area contributed by atoms with E-state index in [-0.39, 0.29) is 5.54 Å². The summed E-state index contributed by atoms with van der Waals surface area (Å²) in [5, 5.41) is 9.94. The van der Waals surface area contributed by atoms with Crippen molar-refractivity contribution in [3.05, 3.63) is 28.8 Å². The highest BCUT2D eigenvalue weighted by Crippen LogP contribution is 2.25. The molecule has 1 aliphatic rings. The van der Waals surface area contributed by atoms with E-state index in [1.165, 1.54) is 0 Å². The predicted octanol–water partition coefficient (Wildman–Crippen LogP) is 2.77. The van der Waals surface area contributed by atoms with Gasteiger partial charge in [-0.15, -0.1) is 0 Å². The lowest BCUT2D eigenvalue weighted by atomic mass is 10.0. The van der Waals surface area contributed by atoms with E-state index in [2.05, 4.69) is 15.9 Å². The Hall–Kier alpha value is -1.28. The molecule has 0 radical (unpaired) electrons. The van der Waals surface area contributed by atoms with Gasteiger partial charge in [-0.3, -0.25) is 9.80 Å². The monoisotopic (exact) mass is 307 g/mol. The first-order chi connectivity index (χ1) is 9.96. The van der Waals surface area contributed by atoms with E-state index in [0.29, 0.717) is 0 Å². The van der Waals surface area contributed by atoms with Crippen LogP contribution in [-0.4, -0.2) is 48.6 Å². The molecule has 114 valence electrons. The molecule has 1 aliphatic heterocycles. The van der Waals surface area contributed by atoms with Crippen LogP contribution in [0.15, 0.2) is 18.2 Å². The lowest BCUT2D eigenvalue weighted by Gasteiger charge is -2.40. The van der Waals surface area contributed by atoms with Gasteiger partial charge in [0.15, 0.2) is 0 Å². The van der Waals surface area contributed by atoms with Crippen LogP contribution in [0.5, 0.6) is 5.75 Å². The molecule has 0 aromatic heterocycles. The molecule has 0 spiro atoms. The average molecular weight is 308 g/mol. The van der Waals surface area contributed by atoms with Crippen LogP contribution in [0.3, 0.4) is 0 Å². The maximum Gasteiger partial charge on any atom is 0.123 e.